The maximum absolute atomic E-state index is 11.9. The van der Waals surface area contributed by atoms with Crippen LogP contribution >= 0.6 is 0 Å². The molecule has 1 aliphatic rings. The Balaban J connectivity index is 2.28. The first-order valence-corrected chi connectivity index (χ1v) is 6.92. The number of nitrogens with one attached hydrogen (secondary N) is 2. The molecule has 7 nitrogen and oxygen atoms in total. The van der Waals surface area contributed by atoms with E-state index in [0.29, 0.717) is 12.6 Å². The molecule has 0 radical (unpaired) electrons. The number of amides is 3. The van der Waals surface area contributed by atoms with Gasteiger partial charge in [-0.15, -0.1) is 0 Å². The van der Waals surface area contributed by atoms with Crippen molar-refractivity contribution in [1.29, 1.82) is 0 Å². The first-order valence-electron chi connectivity index (χ1n) is 6.92. The van der Waals surface area contributed by atoms with Gasteiger partial charge in [-0.1, -0.05) is 13.8 Å². The first kappa shape index (κ1) is 16.3. The average molecular weight is 285 g/mol. The van der Waals surface area contributed by atoms with Crippen molar-refractivity contribution in [2.45, 2.75) is 39.2 Å². The SMILES string of the molecule is CC(C)CN(CC(=O)O)C(=O)NCCC(=O)NC1CC1. The minimum atomic E-state index is -1.05. The molecule has 0 saturated heterocycles. The fourth-order valence-electron chi connectivity index (χ4n) is 1.75. The molecule has 0 aromatic heterocycles. The van der Waals surface area contributed by atoms with Crippen molar-refractivity contribution in [1.82, 2.24) is 15.5 Å². The van der Waals surface area contributed by atoms with Gasteiger partial charge in [0.25, 0.3) is 0 Å². The average Bonchev–Trinajstić information content (AvgIpc) is 3.10. The van der Waals surface area contributed by atoms with Crippen LogP contribution < -0.4 is 10.6 Å². The standard InChI is InChI=1S/C13H23N3O4/c1-9(2)7-16(8-12(18)19)13(20)14-6-5-11(17)15-10-3-4-10/h9-10H,3-8H2,1-2H3,(H,14,20)(H,15,17)(H,18,19). The van der Waals surface area contributed by atoms with E-state index in [-0.39, 0.29) is 31.3 Å². The highest BCUT2D eigenvalue weighted by atomic mass is 16.4. The van der Waals surface area contributed by atoms with Gasteiger partial charge < -0.3 is 20.6 Å². The Hall–Kier alpha value is -1.79. The van der Waals surface area contributed by atoms with Gasteiger partial charge >= 0.3 is 12.0 Å². The molecular weight excluding hydrogens is 262 g/mol. The van der Waals surface area contributed by atoms with E-state index in [1.165, 1.54) is 4.90 Å². The fourth-order valence-corrected chi connectivity index (χ4v) is 1.75. The Bertz CT molecular complexity index is 367. The molecule has 0 aromatic rings. The summed E-state index contributed by atoms with van der Waals surface area (Å²) >= 11 is 0. The lowest BCUT2D eigenvalue weighted by Gasteiger charge is -2.23. The molecule has 1 saturated carbocycles. The number of hydrogen-bond acceptors (Lipinski definition) is 3. The summed E-state index contributed by atoms with van der Waals surface area (Å²) in [6.07, 6.45) is 2.27. The molecular formula is C13H23N3O4. The quantitative estimate of drug-likeness (QED) is 0.601. The molecule has 3 N–H and O–H groups in total. The highest BCUT2D eigenvalue weighted by Gasteiger charge is 2.23. The zero-order valence-corrected chi connectivity index (χ0v) is 12.0. The third-order valence-electron chi connectivity index (χ3n) is 2.77. The van der Waals surface area contributed by atoms with Crippen molar-refractivity contribution < 1.29 is 19.5 Å². The summed E-state index contributed by atoms with van der Waals surface area (Å²) in [6, 6.07) is -0.136. The van der Waals surface area contributed by atoms with Crippen molar-refractivity contribution in [2.75, 3.05) is 19.6 Å². The monoisotopic (exact) mass is 285 g/mol. The van der Waals surface area contributed by atoms with Gasteiger partial charge in [0.05, 0.1) is 0 Å². The third-order valence-corrected chi connectivity index (χ3v) is 2.77. The molecule has 0 spiro atoms. The highest BCUT2D eigenvalue weighted by Crippen LogP contribution is 2.18. The van der Waals surface area contributed by atoms with E-state index in [1.54, 1.807) is 0 Å². The predicted molar refractivity (Wildman–Crippen MR) is 73.2 cm³/mol. The van der Waals surface area contributed by atoms with Gasteiger partial charge in [-0.3, -0.25) is 9.59 Å². The topological polar surface area (TPSA) is 98.7 Å². The molecule has 0 unspecified atom stereocenters. The van der Waals surface area contributed by atoms with E-state index in [4.69, 9.17) is 5.11 Å². The molecule has 0 atom stereocenters. The highest BCUT2D eigenvalue weighted by molar-refractivity contribution is 5.81. The van der Waals surface area contributed by atoms with Crippen LogP contribution in [0.25, 0.3) is 0 Å². The van der Waals surface area contributed by atoms with Crippen molar-refractivity contribution in [2.24, 2.45) is 5.92 Å². The summed E-state index contributed by atoms with van der Waals surface area (Å²) in [7, 11) is 0. The molecule has 1 aliphatic carbocycles. The Morgan fingerprint density at radius 1 is 1.30 bits per heavy atom. The van der Waals surface area contributed by atoms with Crippen LogP contribution in [0.3, 0.4) is 0 Å². The van der Waals surface area contributed by atoms with Crippen molar-refractivity contribution in [3.05, 3.63) is 0 Å². The van der Waals surface area contributed by atoms with Crippen LogP contribution in [-0.4, -0.2) is 53.6 Å². The summed E-state index contributed by atoms with van der Waals surface area (Å²) in [5.74, 6) is -0.952. The van der Waals surface area contributed by atoms with Crippen LogP contribution in [0.15, 0.2) is 0 Å². The number of rotatable bonds is 8. The molecule has 20 heavy (non-hydrogen) atoms. The van der Waals surface area contributed by atoms with Crippen LogP contribution in [0, 0.1) is 5.92 Å². The zero-order valence-electron chi connectivity index (χ0n) is 12.0. The van der Waals surface area contributed by atoms with E-state index in [0.717, 1.165) is 12.8 Å². The maximum Gasteiger partial charge on any atom is 0.323 e. The molecule has 0 aromatic carbocycles. The van der Waals surface area contributed by atoms with E-state index >= 15 is 0 Å². The number of carbonyl (C=O) groups is 3. The van der Waals surface area contributed by atoms with Gasteiger partial charge in [0, 0.05) is 25.6 Å². The third kappa shape index (κ3) is 6.96. The van der Waals surface area contributed by atoms with Crippen molar-refractivity contribution in [3.8, 4) is 0 Å². The lowest BCUT2D eigenvalue weighted by molar-refractivity contribution is -0.137. The smallest absolute Gasteiger partial charge is 0.323 e. The van der Waals surface area contributed by atoms with Gasteiger partial charge in [-0.2, -0.15) is 0 Å². The molecule has 114 valence electrons. The second kappa shape index (κ2) is 7.72. The number of aliphatic carboxylic acids is 1. The van der Waals surface area contributed by atoms with Crippen LogP contribution in [-0.2, 0) is 9.59 Å². The minimum Gasteiger partial charge on any atom is -0.480 e. The lowest BCUT2D eigenvalue weighted by atomic mass is 10.2. The summed E-state index contributed by atoms with van der Waals surface area (Å²) in [5, 5.41) is 14.2. The molecule has 0 bridgehead atoms. The Morgan fingerprint density at radius 3 is 2.45 bits per heavy atom. The van der Waals surface area contributed by atoms with Crippen molar-refractivity contribution >= 4 is 17.9 Å². The van der Waals surface area contributed by atoms with Gasteiger partial charge in [0.15, 0.2) is 0 Å². The zero-order chi connectivity index (χ0) is 15.1. The van der Waals surface area contributed by atoms with E-state index in [1.807, 2.05) is 13.8 Å². The van der Waals surface area contributed by atoms with Gasteiger partial charge in [-0.05, 0) is 18.8 Å². The van der Waals surface area contributed by atoms with Crippen LogP contribution in [0.2, 0.25) is 0 Å². The normalized spacial score (nSPS) is 13.9. The Labute approximate surface area is 118 Å². The predicted octanol–water partition coefficient (Wildman–Crippen LogP) is 0.407. The maximum atomic E-state index is 11.9. The molecule has 0 aliphatic heterocycles. The molecule has 1 rings (SSSR count). The van der Waals surface area contributed by atoms with E-state index in [9.17, 15) is 14.4 Å². The number of urea groups is 1. The Morgan fingerprint density at radius 2 is 1.95 bits per heavy atom. The molecule has 3 amide bonds. The van der Waals surface area contributed by atoms with Crippen LogP contribution in [0.5, 0.6) is 0 Å². The van der Waals surface area contributed by atoms with Crippen LogP contribution in [0.4, 0.5) is 4.79 Å². The van der Waals surface area contributed by atoms with Gasteiger partial charge in [0.2, 0.25) is 5.91 Å². The fraction of sp³-hybridized carbons (Fsp3) is 0.769. The first-order chi connectivity index (χ1) is 9.38. The summed E-state index contributed by atoms with van der Waals surface area (Å²) in [5.41, 5.74) is 0. The summed E-state index contributed by atoms with van der Waals surface area (Å²) in [6.45, 7) is 4.06. The largest absolute Gasteiger partial charge is 0.480 e. The summed E-state index contributed by atoms with van der Waals surface area (Å²) in [4.78, 5) is 35.2. The number of carboxylic acids is 1. The van der Waals surface area contributed by atoms with Crippen LogP contribution in [0.1, 0.15) is 33.1 Å². The molecule has 0 heterocycles. The van der Waals surface area contributed by atoms with Gasteiger partial charge in [0.1, 0.15) is 6.54 Å². The molecule has 7 heteroatoms. The second-order valence-electron chi connectivity index (χ2n) is 5.49. The second-order valence-corrected chi connectivity index (χ2v) is 5.49. The lowest BCUT2D eigenvalue weighted by Crippen LogP contribution is -2.45. The number of hydrogen-bond donors (Lipinski definition) is 3. The van der Waals surface area contributed by atoms with E-state index < -0.39 is 12.0 Å². The minimum absolute atomic E-state index is 0.0820. The van der Waals surface area contributed by atoms with E-state index in [2.05, 4.69) is 10.6 Å². The Kier molecular flexibility index (Phi) is 6.27. The number of carbonyl (C=O) groups excluding carboxylic acids is 2. The van der Waals surface area contributed by atoms with Gasteiger partial charge in [-0.25, -0.2) is 4.79 Å². The summed E-state index contributed by atoms with van der Waals surface area (Å²) < 4.78 is 0. The van der Waals surface area contributed by atoms with Crippen molar-refractivity contribution in [3.63, 3.8) is 0 Å². The molecule has 1 fully saturated rings. The number of carboxylic acid groups (broad SMARTS) is 1. The number of nitrogens with zero attached hydrogens (tertiary/aromatic N) is 1.